The number of carbonyl (C=O) groups is 2. The maximum absolute atomic E-state index is 12.0. The monoisotopic (exact) mass is 308 g/mol. The van der Waals surface area contributed by atoms with Gasteiger partial charge in [0, 0.05) is 5.75 Å². The van der Waals surface area contributed by atoms with Crippen LogP contribution < -0.4 is 0 Å². The summed E-state index contributed by atoms with van der Waals surface area (Å²) < 4.78 is 21.9. The van der Waals surface area contributed by atoms with Crippen molar-refractivity contribution in [3.63, 3.8) is 0 Å². The van der Waals surface area contributed by atoms with E-state index < -0.39 is 22.7 Å². The highest BCUT2D eigenvalue weighted by molar-refractivity contribution is 8.16. The molecule has 1 atom stereocenters. The molecule has 0 aliphatic carbocycles. The first kappa shape index (κ1) is 18.2. The molecule has 0 heterocycles. The van der Waals surface area contributed by atoms with Gasteiger partial charge in [0.05, 0.1) is 28.3 Å². The second kappa shape index (κ2) is 10.0. The smallest absolute Gasteiger partial charge is 0.347 e. The molecule has 0 rings (SSSR count). The van der Waals surface area contributed by atoms with Gasteiger partial charge in [0.1, 0.15) is 0 Å². The maximum atomic E-state index is 12.0. The fraction of sp³-hybridized carbons (Fsp3) is 0.667. The van der Waals surface area contributed by atoms with Crippen LogP contribution in [-0.4, -0.2) is 40.9 Å². The number of hydrogen-bond donors (Lipinski definition) is 0. The Morgan fingerprint density at radius 1 is 1.00 bits per heavy atom. The van der Waals surface area contributed by atoms with Crippen LogP contribution in [0.4, 0.5) is 0 Å². The lowest BCUT2D eigenvalue weighted by atomic mass is 10.3. The van der Waals surface area contributed by atoms with E-state index >= 15 is 0 Å². The molecule has 0 aromatic heterocycles. The summed E-state index contributed by atoms with van der Waals surface area (Å²) in [5.74, 6) is -0.633. The van der Waals surface area contributed by atoms with Crippen molar-refractivity contribution in [3.8, 4) is 0 Å². The zero-order valence-corrected chi connectivity index (χ0v) is 13.3. The summed E-state index contributed by atoms with van der Waals surface area (Å²) in [6.07, 6.45) is 0. The Hall–Kier alpha value is -0.820. The number of hydrogen-bond acceptors (Lipinski definition) is 6. The molecule has 0 aromatic carbocycles. The summed E-state index contributed by atoms with van der Waals surface area (Å²) in [6, 6.07) is 0. The molecule has 0 bridgehead atoms. The number of thioether (sulfide) groups is 1. The second-order valence-corrected chi connectivity index (χ2v) is 6.38. The molecule has 0 N–H and O–H groups in total. The van der Waals surface area contributed by atoms with Gasteiger partial charge >= 0.3 is 11.9 Å². The predicted octanol–water partition coefficient (Wildman–Crippen LogP) is 1.85. The summed E-state index contributed by atoms with van der Waals surface area (Å²) in [4.78, 5) is 23.7. The minimum absolute atomic E-state index is 0.143. The summed E-state index contributed by atoms with van der Waals surface area (Å²) in [6.45, 7) is 7.15. The molecule has 0 saturated carbocycles. The minimum Gasteiger partial charge on any atom is -0.462 e. The van der Waals surface area contributed by atoms with Gasteiger partial charge in [-0.05, 0) is 19.6 Å². The predicted molar refractivity (Wildman–Crippen MR) is 77.1 cm³/mol. The van der Waals surface area contributed by atoms with Crippen molar-refractivity contribution in [2.75, 3.05) is 24.7 Å². The Morgan fingerprint density at radius 2 is 1.47 bits per heavy atom. The molecule has 0 fully saturated rings. The molecule has 0 aromatic rings. The van der Waals surface area contributed by atoms with E-state index in [1.54, 1.807) is 20.8 Å². The fourth-order valence-electron chi connectivity index (χ4n) is 1.17. The van der Waals surface area contributed by atoms with Crippen LogP contribution in [0.15, 0.2) is 9.81 Å². The van der Waals surface area contributed by atoms with Crippen molar-refractivity contribution in [3.05, 3.63) is 9.81 Å². The molecule has 0 spiro atoms. The Balaban J connectivity index is 5.63. The van der Waals surface area contributed by atoms with Crippen LogP contribution in [0.2, 0.25) is 0 Å². The first-order chi connectivity index (χ1) is 9.03. The zero-order chi connectivity index (χ0) is 14.8. The van der Waals surface area contributed by atoms with E-state index in [2.05, 4.69) is 0 Å². The van der Waals surface area contributed by atoms with Crippen molar-refractivity contribution < 1.29 is 23.3 Å². The van der Waals surface area contributed by atoms with E-state index in [4.69, 9.17) is 9.47 Å². The van der Waals surface area contributed by atoms with Crippen LogP contribution in [0.25, 0.3) is 0 Å². The Labute approximate surface area is 120 Å². The molecular weight excluding hydrogens is 288 g/mol. The highest BCUT2D eigenvalue weighted by Gasteiger charge is 2.28. The molecule has 0 radical (unpaired) electrons. The fourth-order valence-corrected chi connectivity index (χ4v) is 3.63. The number of esters is 2. The highest BCUT2D eigenvalue weighted by Crippen LogP contribution is 2.25. The van der Waals surface area contributed by atoms with Crippen molar-refractivity contribution in [2.45, 2.75) is 27.7 Å². The lowest BCUT2D eigenvalue weighted by Gasteiger charge is -2.11. The zero-order valence-electron chi connectivity index (χ0n) is 11.7. The van der Waals surface area contributed by atoms with E-state index in [0.29, 0.717) is 11.5 Å². The molecule has 5 nitrogen and oxygen atoms in total. The van der Waals surface area contributed by atoms with Gasteiger partial charge in [0.15, 0.2) is 5.57 Å². The molecule has 0 aliphatic heterocycles. The van der Waals surface area contributed by atoms with Crippen molar-refractivity contribution >= 4 is 34.5 Å². The number of carbonyl (C=O) groups excluding carboxylic acids is 2. The lowest BCUT2D eigenvalue weighted by molar-refractivity contribution is -0.146. The Kier molecular flexibility index (Phi) is 9.59. The summed E-state index contributed by atoms with van der Waals surface area (Å²) in [7, 11) is -1.40. The third-order valence-corrected chi connectivity index (χ3v) is 4.72. The molecule has 0 saturated heterocycles. The van der Waals surface area contributed by atoms with Crippen LogP contribution in [-0.2, 0) is 29.9 Å². The lowest BCUT2D eigenvalue weighted by Crippen LogP contribution is -2.21. The first-order valence-electron chi connectivity index (χ1n) is 6.12. The third-order valence-electron chi connectivity index (χ3n) is 1.91. The average molecular weight is 308 g/mol. The van der Waals surface area contributed by atoms with Crippen LogP contribution in [0.1, 0.15) is 27.7 Å². The van der Waals surface area contributed by atoms with Gasteiger partial charge in [-0.1, -0.05) is 13.8 Å². The standard InChI is InChI=1S/C12H20O5S2/c1-5-16-10(13)9(11(14)17-6-2)12(18-7-3)19(15)8-4/h5-8H2,1-4H3. The second-order valence-electron chi connectivity index (χ2n) is 3.17. The first-order valence-corrected chi connectivity index (χ1v) is 8.43. The summed E-state index contributed by atoms with van der Waals surface area (Å²) in [5, 5.41) is 0. The van der Waals surface area contributed by atoms with Crippen LogP contribution >= 0.6 is 11.8 Å². The summed E-state index contributed by atoms with van der Waals surface area (Å²) >= 11 is 1.20. The van der Waals surface area contributed by atoms with Crippen molar-refractivity contribution in [2.24, 2.45) is 0 Å². The van der Waals surface area contributed by atoms with E-state index in [1.165, 1.54) is 11.8 Å². The van der Waals surface area contributed by atoms with Gasteiger partial charge in [-0.2, -0.15) is 0 Å². The number of ether oxygens (including phenoxy) is 2. The van der Waals surface area contributed by atoms with Gasteiger partial charge in [0.2, 0.25) is 0 Å². The normalized spacial score (nSPS) is 11.6. The van der Waals surface area contributed by atoms with E-state index in [0.717, 1.165) is 0 Å². The molecule has 0 amide bonds. The highest BCUT2D eigenvalue weighted by atomic mass is 32.2. The van der Waals surface area contributed by atoms with E-state index in [-0.39, 0.29) is 23.0 Å². The van der Waals surface area contributed by atoms with Gasteiger partial charge in [0.25, 0.3) is 0 Å². The largest absolute Gasteiger partial charge is 0.462 e. The maximum Gasteiger partial charge on any atom is 0.347 e. The molecular formula is C12H20O5S2. The van der Waals surface area contributed by atoms with Gasteiger partial charge in [-0.3, -0.25) is 4.21 Å². The van der Waals surface area contributed by atoms with E-state index in [1.807, 2.05) is 6.92 Å². The molecule has 7 heteroatoms. The molecule has 110 valence electrons. The van der Waals surface area contributed by atoms with Gasteiger partial charge in [-0.15, -0.1) is 11.8 Å². The quantitative estimate of drug-likeness (QED) is 0.295. The van der Waals surface area contributed by atoms with Crippen LogP contribution in [0, 0.1) is 0 Å². The molecule has 19 heavy (non-hydrogen) atoms. The Morgan fingerprint density at radius 3 is 1.79 bits per heavy atom. The van der Waals surface area contributed by atoms with Crippen LogP contribution in [0.3, 0.4) is 0 Å². The van der Waals surface area contributed by atoms with E-state index in [9.17, 15) is 13.8 Å². The minimum atomic E-state index is -1.40. The van der Waals surface area contributed by atoms with Crippen LogP contribution in [0.5, 0.6) is 0 Å². The third kappa shape index (κ3) is 5.78. The Bertz CT molecular complexity index is 356. The van der Waals surface area contributed by atoms with Gasteiger partial charge < -0.3 is 9.47 Å². The molecule has 1 unspecified atom stereocenters. The number of rotatable bonds is 8. The topological polar surface area (TPSA) is 69.7 Å². The SMILES string of the molecule is CCOC(=O)C(C(=O)OCC)=C(SCC)S(=O)CC. The van der Waals surface area contributed by atoms with Crippen molar-refractivity contribution in [1.29, 1.82) is 0 Å². The van der Waals surface area contributed by atoms with Crippen molar-refractivity contribution in [1.82, 2.24) is 0 Å². The summed E-state index contributed by atoms with van der Waals surface area (Å²) in [5.41, 5.74) is -0.240. The average Bonchev–Trinajstić information content (AvgIpc) is 2.38. The molecule has 0 aliphatic rings. The van der Waals surface area contributed by atoms with Gasteiger partial charge in [-0.25, -0.2) is 9.59 Å².